The summed E-state index contributed by atoms with van der Waals surface area (Å²) in [5.74, 6) is 0.359. The number of nitrogens with one attached hydrogen (secondary N) is 1. The van der Waals surface area contributed by atoms with Gasteiger partial charge in [-0.25, -0.2) is 4.98 Å². The van der Waals surface area contributed by atoms with Crippen molar-refractivity contribution in [2.24, 2.45) is 0 Å². The molecule has 31 heavy (non-hydrogen) atoms. The van der Waals surface area contributed by atoms with Crippen molar-refractivity contribution in [1.29, 1.82) is 0 Å². The number of hydrogen-bond donors (Lipinski definition) is 1. The van der Waals surface area contributed by atoms with E-state index < -0.39 is 0 Å². The molecular formula is C26H21ClN2O2. The van der Waals surface area contributed by atoms with Crippen LogP contribution in [0.2, 0.25) is 5.02 Å². The van der Waals surface area contributed by atoms with Crippen LogP contribution in [0, 0.1) is 0 Å². The molecule has 0 aliphatic heterocycles. The van der Waals surface area contributed by atoms with Gasteiger partial charge in [-0.2, -0.15) is 0 Å². The average Bonchev–Trinajstić information content (AvgIpc) is 2.81. The predicted octanol–water partition coefficient (Wildman–Crippen LogP) is 6.08. The smallest absolute Gasteiger partial charge is 0.228 e. The fourth-order valence-electron chi connectivity index (χ4n) is 3.22. The van der Waals surface area contributed by atoms with Crippen molar-refractivity contribution in [1.82, 2.24) is 4.98 Å². The number of ether oxygens (including phenoxy) is 1. The highest BCUT2D eigenvalue weighted by Crippen LogP contribution is 2.27. The Morgan fingerprint density at radius 2 is 1.45 bits per heavy atom. The molecule has 0 radical (unpaired) electrons. The Morgan fingerprint density at radius 3 is 2.00 bits per heavy atom. The molecule has 4 aromatic rings. The van der Waals surface area contributed by atoms with Gasteiger partial charge in [0.05, 0.1) is 18.3 Å². The molecule has 5 heteroatoms. The third-order valence-corrected chi connectivity index (χ3v) is 4.99. The molecule has 0 aliphatic carbocycles. The van der Waals surface area contributed by atoms with E-state index in [0.717, 1.165) is 16.7 Å². The number of amides is 1. The molecule has 0 aliphatic rings. The van der Waals surface area contributed by atoms with Crippen LogP contribution in [-0.4, -0.2) is 10.9 Å². The second-order valence-corrected chi connectivity index (χ2v) is 7.49. The summed E-state index contributed by atoms with van der Waals surface area (Å²) >= 11 is 5.89. The number of pyridine rings is 1. The molecule has 0 saturated carbocycles. The first kappa shape index (κ1) is 20.6. The molecule has 0 saturated heterocycles. The predicted molar refractivity (Wildman–Crippen MR) is 123 cm³/mol. The zero-order valence-electron chi connectivity index (χ0n) is 16.7. The summed E-state index contributed by atoms with van der Waals surface area (Å²) in [6, 6.07) is 30.8. The van der Waals surface area contributed by atoms with Crippen LogP contribution < -0.4 is 10.1 Å². The van der Waals surface area contributed by atoms with Gasteiger partial charge in [0, 0.05) is 11.1 Å². The number of hydrogen-bond acceptors (Lipinski definition) is 3. The lowest BCUT2D eigenvalue weighted by Gasteiger charge is -2.19. The minimum Gasteiger partial charge on any atom is -0.465 e. The van der Waals surface area contributed by atoms with E-state index in [1.165, 1.54) is 0 Å². The first-order valence-corrected chi connectivity index (χ1v) is 10.3. The van der Waals surface area contributed by atoms with Gasteiger partial charge in [0.25, 0.3) is 0 Å². The molecule has 1 amide bonds. The van der Waals surface area contributed by atoms with Crippen LogP contribution in [0.5, 0.6) is 5.88 Å². The van der Waals surface area contributed by atoms with E-state index in [4.69, 9.17) is 16.3 Å². The number of anilines is 1. The van der Waals surface area contributed by atoms with Gasteiger partial charge in [-0.1, -0.05) is 84.4 Å². The highest BCUT2D eigenvalue weighted by atomic mass is 35.5. The lowest BCUT2D eigenvalue weighted by molar-refractivity contribution is -0.115. The summed E-state index contributed by atoms with van der Waals surface area (Å²) in [4.78, 5) is 16.7. The fraction of sp³-hybridized carbons (Fsp3) is 0.0769. The van der Waals surface area contributed by atoms with Gasteiger partial charge in [-0.05, 0) is 34.9 Å². The first-order valence-electron chi connectivity index (χ1n) is 9.94. The summed E-state index contributed by atoms with van der Waals surface area (Å²) in [5, 5.41) is 3.51. The Labute approximate surface area is 186 Å². The first-order chi connectivity index (χ1) is 15.2. The van der Waals surface area contributed by atoms with Gasteiger partial charge < -0.3 is 10.1 Å². The summed E-state index contributed by atoms with van der Waals surface area (Å²) in [7, 11) is 0. The Hall–Kier alpha value is -3.63. The van der Waals surface area contributed by atoms with Gasteiger partial charge in [0.2, 0.25) is 11.8 Å². The number of carbonyl (C=O) groups is 1. The number of nitrogens with zero attached hydrogens (tertiary/aromatic N) is 1. The molecule has 1 N–H and O–H groups in total. The van der Waals surface area contributed by atoms with Crippen LogP contribution in [0.3, 0.4) is 0 Å². The van der Waals surface area contributed by atoms with E-state index in [1.54, 1.807) is 30.5 Å². The van der Waals surface area contributed by atoms with E-state index in [9.17, 15) is 4.79 Å². The largest absolute Gasteiger partial charge is 0.465 e. The summed E-state index contributed by atoms with van der Waals surface area (Å²) in [5.41, 5.74) is 3.58. The van der Waals surface area contributed by atoms with Gasteiger partial charge in [0.15, 0.2) is 6.10 Å². The number of halogens is 1. The number of carbonyl (C=O) groups excluding carboxylic acids is 1. The monoisotopic (exact) mass is 428 g/mol. The van der Waals surface area contributed by atoms with Crippen LogP contribution in [0.1, 0.15) is 22.8 Å². The van der Waals surface area contributed by atoms with E-state index in [1.807, 2.05) is 72.8 Å². The summed E-state index contributed by atoms with van der Waals surface area (Å²) in [6.07, 6.45) is 1.59. The Bertz CT molecular complexity index is 1080. The quantitative estimate of drug-likeness (QED) is 0.387. The normalized spacial score (nSPS) is 10.6. The molecule has 4 rings (SSSR count). The highest BCUT2D eigenvalue weighted by molar-refractivity contribution is 6.30. The lowest BCUT2D eigenvalue weighted by Crippen LogP contribution is -2.14. The van der Waals surface area contributed by atoms with Gasteiger partial charge in [-0.3, -0.25) is 4.79 Å². The van der Waals surface area contributed by atoms with Crippen LogP contribution in [0.15, 0.2) is 103 Å². The second-order valence-electron chi connectivity index (χ2n) is 7.06. The second kappa shape index (κ2) is 9.92. The molecular weight excluding hydrogens is 408 g/mol. The molecule has 0 atom stereocenters. The average molecular weight is 429 g/mol. The Kier molecular flexibility index (Phi) is 6.60. The highest BCUT2D eigenvalue weighted by Gasteiger charge is 2.16. The fourth-order valence-corrected chi connectivity index (χ4v) is 3.35. The van der Waals surface area contributed by atoms with E-state index in [-0.39, 0.29) is 18.4 Å². The molecule has 4 nitrogen and oxygen atoms in total. The van der Waals surface area contributed by atoms with Crippen molar-refractivity contribution in [3.63, 3.8) is 0 Å². The molecule has 3 aromatic carbocycles. The maximum absolute atomic E-state index is 12.3. The lowest BCUT2D eigenvalue weighted by atomic mass is 10.0. The van der Waals surface area contributed by atoms with Crippen LogP contribution >= 0.6 is 11.6 Å². The molecule has 154 valence electrons. The van der Waals surface area contributed by atoms with Gasteiger partial charge >= 0.3 is 0 Å². The Balaban J connectivity index is 1.44. The molecule has 0 spiro atoms. The third-order valence-electron chi connectivity index (χ3n) is 4.74. The van der Waals surface area contributed by atoms with E-state index >= 15 is 0 Å². The van der Waals surface area contributed by atoms with E-state index in [0.29, 0.717) is 16.6 Å². The van der Waals surface area contributed by atoms with Crippen LogP contribution in [0.4, 0.5) is 5.69 Å². The van der Waals surface area contributed by atoms with Crippen molar-refractivity contribution >= 4 is 23.2 Å². The molecule has 0 bridgehead atoms. The molecule has 0 fully saturated rings. The van der Waals surface area contributed by atoms with Crippen molar-refractivity contribution in [2.45, 2.75) is 12.5 Å². The van der Waals surface area contributed by atoms with Crippen molar-refractivity contribution in [3.8, 4) is 5.88 Å². The number of benzene rings is 3. The zero-order chi connectivity index (χ0) is 21.5. The minimum absolute atomic E-state index is 0.121. The topological polar surface area (TPSA) is 51.2 Å². The number of aromatic nitrogens is 1. The maximum Gasteiger partial charge on any atom is 0.228 e. The zero-order valence-corrected chi connectivity index (χ0v) is 17.5. The standard InChI is InChI=1S/C26H21ClN2O2/c27-22-13-11-19(12-14-22)17-24(30)29-23-15-16-25(28-18-23)31-26(20-7-3-1-4-8-20)21-9-5-2-6-10-21/h1-16,18,26H,17H2,(H,29,30). The van der Waals surface area contributed by atoms with Gasteiger partial charge in [-0.15, -0.1) is 0 Å². The number of rotatable bonds is 7. The summed E-state index contributed by atoms with van der Waals surface area (Å²) < 4.78 is 6.22. The van der Waals surface area contributed by atoms with Crippen molar-refractivity contribution in [3.05, 3.63) is 125 Å². The van der Waals surface area contributed by atoms with Crippen molar-refractivity contribution < 1.29 is 9.53 Å². The summed E-state index contributed by atoms with van der Waals surface area (Å²) in [6.45, 7) is 0. The molecule has 1 aromatic heterocycles. The maximum atomic E-state index is 12.3. The van der Waals surface area contributed by atoms with Crippen LogP contribution in [0.25, 0.3) is 0 Å². The molecule has 1 heterocycles. The Morgan fingerprint density at radius 1 is 0.839 bits per heavy atom. The third kappa shape index (κ3) is 5.71. The van der Waals surface area contributed by atoms with Crippen molar-refractivity contribution in [2.75, 3.05) is 5.32 Å². The SMILES string of the molecule is O=C(Cc1ccc(Cl)cc1)Nc1ccc(OC(c2ccccc2)c2ccccc2)nc1. The molecule has 0 unspecified atom stereocenters. The van der Waals surface area contributed by atoms with Crippen LogP contribution in [-0.2, 0) is 11.2 Å². The van der Waals surface area contributed by atoms with E-state index in [2.05, 4.69) is 10.3 Å². The minimum atomic E-state index is -0.278. The van der Waals surface area contributed by atoms with Gasteiger partial charge in [0.1, 0.15) is 0 Å².